The van der Waals surface area contributed by atoms with E-state index >= 15 is 0 Å². The first-order valence-electron chi connectivity index (χ1n) is 4.52. The SMILES string of the molecule is CO/N=C(\Cc1ccc(C)cc1)C(=O)O. The number of aryl methyl sites for hydroxylation is 1. The van der Waals surface area contributed by atoms with Crippen LogP contribution < -0.4 is 0 Å². The van der Waals surface area contributed by atoms with Gasteiger partial charge in [-0.15, -0.1) is 0 Å². The number of benzene rings is 1. The molecule has 1 rings (SSSR count). The third-order valence-corrected chi connectivity index (χ3v) is 1.94. The largest absolute Gasteiger partial charge is 0.477 e. The summed E-state index contributed by atoms with van der Waals surface area (Å²) in [5, 5.41) is 12.3. The summed E-state index contributed by atoms with van der Waals surface area (Å²) in [7, 11) is 1.33. The van der Waals surface area contributed by atoms with Crippen molar-refractivity contribution in [3.63, 3.8) is 0 Å². The van der Waals surface area contributed by atoms with Crippen LogP contribution in [0, 0.1) is 6.92 Å². The molecule has 80 valence electrons. The highest BCUT2D eigenvalue weighted by Gasteiger charge is 2.10. The Kier molecular flexibility index (Phi) is 3.85. The highest BCUT2D eigenvalue weighted by atomic mass is 16.6. The van der Waals surface area contributed by atoms with Gasteiger partial charge in [-0.2, -0.15) is 0 Å². The van der Waals surface area contributed by atoms with Gasteiger partial charge in [-0.05, 0) is 12.5 Å². The van der Waals surface area contributed by atoms with Crippen molar-refractivity contribution in [2.24, 2.45) is 5.16 Å². The summed E-state index contributed by atoms with van der Waals surface area (Å²) in [5.41, 5.74) is 2.04. The lowest BCUT2D eigenvalue weighted by Gasteiger charge is -2.01. The lowest BCUT2D eigenvalue weighted by Crippen LogP contribution is -2.16. The van der Waals surface area contributed by atoms with Crippen molar-refractivity contribution in [1.29, 1.82) is 0 Å². The summed E-state index contributed by atoms with van der Waals surface area (Å²) in [6.07, 6.45) is 0.267. The number of hydrogen-bond acceptors (Lipinski definition) is 3. The summed E-state index contributed by atoms with van der Waals surface area (Å²) >= 11 is 0. The average molecular weight is 207 g/mol. The number of rotatable bonds is 4. The molecule has 0 heterocycles. The van der Waals surface area contributed by atoms with Gasteiger partial charge in [0.1, 0.15) is 7.11 Å². The minimum atomic E-state index is -1.06. The summed E-state index contributed by atoms with van der Waals surface area (Å²) in [4.78, 5) is 15.2. The minimum Gasteiger partial charge on any atom is -0.477 e. The van der Waals surface area contributed by atoms with Crippen LogP contribution in [0.1, 0.15) is 11.1 Å². The van der Waals surface area contributed by atoms with Gasteiger partial charge in [-0.3, -0.25) is 0 Å². The number of carbonyl (C=O) groups is 1. The van der Waals surface area contributed by atoms with Crippen molar-refractivity contribution < 1.29 is 14.7 Å². The fraction of sp³-hybridized carbons (Fsp3) is 0.273. The fourth-order valence-electron chi connectivity index (χ4n) is 1.16. The maximum Gasteiger partial charge on any atom is 0.354 e. The quantitative estimate of drug-likeness (QED) is 0.603. The number of oxime groups is 1. The van der Waals surface area contributed by atoms with E-state index in [1.54, 1.807) is 0 Å². The van der Waals surface area contributed by atoms with Crippen LogP contribution in [0.15, 0.2) is 29.4 Å². The molecule has 1 aromatic rings. The number of aliphatic carboxylic acids is 1. The van der Waals surface area contributed by atoms with Gasteiger partial charge in [0.2, 0.25) is 0 Å². The van der Waals surface area contributed by atoms with Crippen LogP contribution in [0.5, 0.6) is 0 Å². The Morgan fingerprint density at radius 2 is 2.00 bits per heavy atom. The Hall–Kier alpha value is -1.84. The molecule has 0 aliphatic rings. The Morgan fingerprint density at radius 1 is 1.40 bits per heavy atom. The van der Waals surface area contributed by atoms with Crippen LogP contribution in [0.25, 0.3) is 0 Å². The third-order valence-electron chi connectivity index (χ3n) is 1.94. The van der Waals surface area contributed by atoms with Crippen LogP contribution in [0.3, 0.4) is 0 Å². The van der Waals surface area contributed by atoms with Crippen molar-refractivity contribution in [2.45, 2.75) is 13.3 Å². The molecule has 0 aromatic heterocycles. The molecule has 15 heavy (non-hydrogen) atoms. The maximum absolute atomic E-state index is 10.7. The molecule has 0 aliphatic carbocycles. The van der Waals surface area contributed by atoms with Crippen LogP contribution in [0.4, 0.5) is 0 Å². The molecule has 0 amide bonds. The molecule has 4 nitrogen and oxygen atoms in total. The monoisotopic (exact) mass is 207 g/mol. The van der Waals surface area contributed by atoms with E-state index in [4.69, 9.17) is 5.11 Å². The highest BCUT2D eigenvalue weighted by molar-refractivity contribution is 6.35. The number of hydrogen-bond donors (Lipinski definition) is 1. The van der Waals surface area contributed by atoms with Crippen molar-refractivity contribution in [1.82, 2.24) is 0 Å². The average Bonchev–Trinajstić information content (AvgIpc) is 2.20. The van der Waals surface area contributed by atoms with E-state index in [1.807, 2.05) is 31.2 Å². The van der Waals surface area contributed by atoms with Gasteiger partial charge in [0.25, 0.3) is 0 Å². The molecule has 0 saturated carbocycles. The Balaban J connectivity index is 2.79. The van der Waals surface area contributed by atoms with E-state index in [0.717, 1.165) is 11.1 Å². The molecule has 0 fully saturated rings. The fourth-order valence-corrected chi connectivity index (χ4v) is 1.16. The second-order valence-electron chi connectivity index (χ2n) is 3.19. The second-order valence-corrected chi connectivity index (χ2v) is 3.19. The first-order chi connectivity index (χ1) is 7.13. The van der Waals surface area contributed by atoms with Gasteiger partial charge < -0.3 is 9.94 Å². The van der Waals surface area contributed by atoms with Crippen LogP contribution >= 0.6 is 0 Å². The zero-order valence-corrected chi connectivity index (χ0v) is 8.73. The van der Waals surface area contributed by atoms with E-state index in [1.165, 1.54) is 7.11 Å². The molecule has 0 saturated heterocycles. The van der Waals surface area contributed by atoms with Crippen LogP contribution in [-0.4, -0.2) is 23.9 Å². The zero-order valence-electron chi connectivity index (χ0n) is 8.73. The number of carboxylic acids is 1. The van der Waals surface area contributed by atoms with E-state index in [0.29, 0.717) is 0 Å². The Labute approximate surface area is 88.2 Å². The van der Waals surface area contributed by atoms with Crippen molar-refractivity contribution >= 4 is 11.7 Å². The summed E-state index contributed by atoms with van der Waals surface area (Å²) < 4.78 is 0. The summed E-state index contributed by atoms with van der Waals surface area (Å²) in [5.74, 6) is -1.06. The maximum atomic E-state index is 10.7. The van der Waals surface area contributed by atoms with Gasteiger partial charge in [0, 0.05) is 6.42 Å². The van der Waals surface area contributed by atoms with Gasteiger partial charge in [0.15, 0.2) is 5.71 Å². The Morgan fingerprint density at radius 3 is 2.47 bits per heavy atom. The zero-order chi connectivity index (χ0) is 11.3. The molecule has 0 unspecified atom stereocenters. The van der Waals surface area contributed by atoms with Gasteiger partial charge in [-0.1, -0.05) is 35.0 Å². The molecule has 0 bridgehead atoms. The Bertz CT molecular complexity index is 368. The van der Waals surface area contributed by atoms with Crippen molar-refractivity contribution in [3.8, 4) is 0 Å². The third kappa shape index (κ3) is 3.42. The molecule has 0 spiro atoms. The lowest BCUT2D eigenvalue weighted by molar-refractivity contribution is -0.129. The van der Waals surface area contributed by atoms with Crippen LogP contribution in [-0.2, 0) is 16.1 Å². The van der Waals surface area contributed by atoms with E-state index < -0.39 is 5.97 Å². The summed E-state index contributed by atoms with van der Waals surface area (Å²) in [6.45, 7) is 1.98. The lowest BCUT2D eigenvalue weighted by atomic mass is 10.1. The molecular formula is C11H13NO3. The van der Waals surface area contributed by atoms with Gasteiger partial charge in [0.05, 0.1) is 0 Å². The molecule has 0 aliphatic heterocycles. The smallest absolute Gasteiger partial charge is 0.354 e. The number of nitrogens with zero attached hydrogens (tertiary/aromatic N) is 1. The van der Waals surface area contributed by atoms with Crippen molar-refractivity contribution in [2.75, 3.05) is 7.11 Å². The van der Waals surface area contributed by atoms with E-state index in [9.17, 15) is 4.79 Å². The molecule has 4 heteroatoms. The number of carboxylic acid groups (broad SMARTS) is 1. The predicted molar refractivity (Wildman–Crippen MR) is 57.0 cm³/mol. The first-order valence-corrected chi connectivity index (χ1v) is 4.52. The summed E-state index contributed by atoms with van der Waals surface area (Å²) in [6, 6.07) is 7.62. The normalized spacial score (nSPS) is 11.2. The molecule has 1 aromatic carbocycles. The first kappa shape index (κ1) is 11.2. The van der Waals surface area contributed by atoms with Crippen molar-refractivity contribution in [3.05, 3.63) is 35.4 Å². The second kappa shape index (κ2) is 5.14. The predicted octanol–water partition coefficient (Wildman–Crippen LogP) is 1.62. The van der Waals surface area contributed by atoms with E-state index in [-0.39, 0.29) is 12.1 Å². The topological polar surface area (TPSA) is 58.9 Å². The molecule has 0 radical (unpaired) electrons. The standard InChI is InChI=1S/C11H13NO3/c1-8-3-5-9(6-4-8)7-10(11(13)14)12-15-2/h3-6H,7H2,1-2H3,(H,13,14)/b12-10+. The minimum absolute atomic E-state index is 0.00125. The molecule has 0 atom stereocenters. The van der Waals surface area contributed by atoms with Gasteiger partial charge in [-0.25, -0.2) is 4.79 Å². The highest BCUT2D eigenvalue weighted by Crippen LogP contribution is 2.05. The van der Waals surface area contributed by atoms with Gasteiger partial charge >= 0.3 is 5.97 Å². The molecule has 1 N–H and O–H groups in total. The molecular weight excluding hydrogens is 194 g/mol. The van der Waals surface area contributed by atoms with E-state index in [2.05, 4.69) is 9.99 Å². The van der Waals surface area contributed by atoms with Crippen LogP contribution in [0.2, 0.25) is 0 Å².